The van der Waals surface area contributed by atoms with Crippen molar-refractivity contribution in [3.8, 4) is 28.5 Å². The Morgan fingerprint density at radius 1 is 0.806 bits per heavy atom. The lowest BCUT2D eigenvalue weighted by Crippen LogP contribution is -2.03. The molecule has 0 saturated carbocycles. The normalized spacial score (nSPS) is 10.4. The number of anilines is 4. The van der Waals surface area contributed by atoms with Gasteiger partial charge in [-0.15, -0.1) is 0 Å². The zero-order valence-electron chi connectivity index (χ0n) is 17.2. The van der Waals surface area contributed by atoms with E-state index in [1.807, 2.05) is 36.4 Å². The molecule has 158 valence electrons. The lowest BCUT2D eigenvalue weighted by molar-refractivity contribution is 0.324. The number of nitrogens with zero attached hydrogens (tertiary/aromatic N) is 4. The van der Waals surface area contributed by atoms with E-state index in [-0.39, 0.29) is 0 Å². The maximum absolute atomic E-state index is 5.38. The SMILES string of the molecule is COc1cc(Nc2ncnc(Nc3cc(-c4ccccc4)[nH]n3)n2)cc(OC)c1OC. The van der Waals surface area contributed by atoms with Gasteiger partial charge in [-0.2, -0.15) is 10.1 Å². The molecule has 0 spiro atoms. The number of methoxy groups -OCH3 is 3. The fourth-order valence-electron chi connectivity index (χ4n) is 2.96. The van der Waals surface area contributed by atoms with Crippen LogP contribution in [0.1, 0.15) is 0 Å². The highest BCUT2D eigenvalue weighted by Gasteiger charge is 2.14. The van der Waals surface area contributed by atoms with Crippen LogP contribution in [-0.4, -0.2) is 46.5 Å². The fourth-order valence-corrected chi connectivity index (χ4v) is 2.96. The first-order valence-electron chi connectivity index (χ1n) is 9.34. The Kier molecular flexibility index (Phi) is 5.79. The smallest absolute Gasteiger partial charge is 0.233 e. The molecule has 2 aromatic carbocycles. The van der Waals surface area contributed by atoms with Crippen LogP contribution in [0.15, 0.2) is 54.9 Å². The van der Waals surface area contributed by atoms with Crippen molar-refractivity contribution in [2.24, 2.45) is 0 Å². The highest BCUT2D eigenvalue weighted by Crippen LogP contribution is 2.40. The van der Waals surface area contributed by atoms with Crippen LogP contribution >= 0.6 is 0 Å². The molecule has 0 saturated heterocycles. The third-order valence-electron chi connectivity index (χ3n) is 4.40. The molecule has 0 aliphatic rings. The Labute approximate surface area is 178 Å². The van der Waals surface area contributed by atoms with Crippen LogP contribution in [0.4, 0.5) is 23.4 Å². The number of benzene rings is 2. The van der Waals surface area contributed by atoms with Crippen LogP contribution in [-0.2, 0) is 0 Å². The van der Waals surface area contributed by atoms with Gasteiger partial charge in [-0.05, 0) is 5.56 Å². The highest BCUT2D eigenvalue weighted by atomic mass is 16.5. The molecular weight excluding hydrogens is 398 g/mol. The second-order valence-corrected chi connectivity index (χ2v) is 6.33. The molecule has 0 unspecified atom stereocenters. The largest absolute Gasteiger partial charge is 0.493 e. The maximum Gasteiger partial charge on any atom is 0.233 e. The van der Waals surface area contributed by atoms with E-state index in [2.05, 4.69) is 35.8 Å². The van der Waals surface area contributed by atoms with E-state index < -0.39 is 0 Å². The van der Waals surface area contributed by atoms with Gasteiger partial charge in [0.05, 0.1) is 27.0 Å². The number of hydrogen-bond donors (Lipinski definition) is 3. The Morgan fingerprint density at radius 3 is 2.13 bits per heavy atom. The fraction of sp³-hybridized carbons (Fsp3) is 0.143. The second-order valence-electron chi connectivity index (χ2n) is 6.33. The summed E-state index contributed by atoms with van der Waals surface area (Å²) in [7, 11) is 4.66. The minimum absolute atomic E-state index is 0.339. The van der Waals surface area contributed by atoms with E-state index in [4.69, 9.17) is 14.2 Å². The molecule has 10 nitrogen and oxygen atoms in total. The zero-order chi connectivity index (χ0) is 21.6. The van der Waals surface area contributed by atoms with Crippen molar-refractivity contribution in [3.05, 3.63) is 54.9 Å². The standard InChI is InChI=1S/C21H21N7O3/c1-29-16-9-14(10-17(30-2)19(16)31-3)24-20-22-12-23-21(26-20)25-18-11-15(27-28-18)13-7-5-4-6-8-13/h4-12H,1-3H3,(H3,22,23,24,25,26,27,28). The molecule has 3 N–H and O–H groups in total. The van der Waals surface area contributed by atoms with Gasteiger partial charge in [-0.3, -0.25) is 5.10 Å². The molecule has 2 aromatic heterocycles. The van der Waals surface area contributed by atoms with Gasteiger partial charge in [0.1, 0.15) is 6.33 Å². The number of ether oxygens (including phenoxy) is 3. The number of aromatic nitrogens is 5. The third-order valence-corrected chi connectivity index (χ3v) is 4.40. The van der Waals surface area contributed by atoms with E-state index in [0.717, 1.165) is 11.3 Å². The minimum Gasteiger partial charge on any atom is -0.493 e. The third kappa shape index (κ3) is 4.47. The minimum atomic E-state index is 0.339. The lowest BCUT2D eigenvalue weighted by atomic mass is 10.2. The van der Waals surface area contributed by atoms with Crippen LogP contribution in [0.2, 0.25) is 0 Å². The number of nitrogens with one attached hydrogen (secondary N) is 3. The maximum atomic E-state index is 5.38. The zero-order valence-corrected chi connectivity index (χ0v) is 17.2. The summed E-state index contributed by atoms with van der Waals surface area (Å²) in [6.45, 7) is 0. The average molecular weight is 419 g/mol. The molecular formula is C21H21N7O3. The molecule has 0 aliphatic carbocycles. The molecule has 0 atom stereocenters. The van der Waals surface area contributed by atoms with Crippen LogP contribution in [0.25, 0.3) is 11.3 Å². The van der Waals surface area contributed by atoms with Crippen molar-refractivity contribution in [2.75, 3.05) is 32.0 Å². The summed E-state index contributed by atoms with van der Waals surface area (Å²) in [5, 5.41) is 13.4. The quantitative estimate of drug-likeness (QED) is 0.392. The summed E-state index contributed by atoms with van der Waals surface area (Å²) in [5.41, 5.74) is 2.58. The van der Waals surface area contributed by atoms with E-state index in [1.54, 1.807) is 33.5 Å². The van der Waals surface area contributed by atoms with Gasteiger partial charge >= 0.3 is 0 Å². The number of hydrogen-bond acceptors (Lipinski definition) is 9. The molecule has 0 aliphatic heterocycles. The van der Waals surface area contributed by atoms with E-state index in [9.17, 15) is 0 Å². The topological polar surface area (TPSA) is 119 Å². The average Bonchev–Trinajstić information content (AvgIpc) is 3.27. The van der Waals surface area contributed by atoms with Crippen molar-refractivity contribution in [1.29, 1.82) is 0 Å². The number of rotatable bonds is 8. The van der Waals surface area contributed by atoms with Gasteiger partial charge in [-0.25, -0.2) is 9.97 Å². The first-order valence-corrected chi connectivity index (χ1v) is 9.34. The Morgan fingerprint density at radius 2 is 1.48 bits per heavy atom. The predicted molar refractivity (Wildman–Crippen MR) is 117 cm³/mol. The molecule has 2 heterocycles. The predicted octanol–water partition coefficient (Wildman–Crippen LogP) is 3.77. The van der Waals surface area contributed by atoms with Crippen molar-refractivity contribution >= 4 is 23.4 Å². The molecule has 4 aromatic rings. The summed E-state index contributed by atoms with van der Waals surface area (Å²) >= 11 is 0. The van der Waals surface area contributed by atoms with Gasteiger partial charge in [0.15, 0.2) is 17.3 Å². The van der Waals surface area contributed by atoms with E-state index >= 15 is 0 Å². The van der Waals surface area contributed by atoms with Crippen LogP contribution < -0.4 is 24.8 Å². The molecule has 0 fully saturated rings. The van der Waals surface area contributed by atoms with E-state index in [0.29, 0.717) is 40.7 Å². The lowest BCUT2D eigenvalue weighted by Gasteiger charge is -2.14. The van der Waals surface area contributed by atoms with Crippen molar-refractivity contribution in [3.63, 3.8) is 0 Å². The van der Waals surface area contributed by atoms with Gasteiger partial charge in [0, 0.05) is 23.9 Å². The molecule has 31 heavy (non-hydrogen) atoms. The van der Waals surface area contributed by atoms with Crippen LogP contribution in [0.5, 0.6) is 17.2 Å². The summed E-state index contributed by atoms with van der Waals surface area (Å²) in [6.07, 6.45) is 1.40. The Balaban J connectivity index is 1.52. The second kappa shape index (κ2) is 8.99. The molecule has 0 amide bonds. The van der Waals surface area contributed by atoms with Gasteiger partial charge in [0.2, 0.25) is 17.6 Å². The molecule has 0 radical (unpaired) electrons. The summed E-state index contributed by atoms with van der Waals surface area (Å²) in [4.78, 5) is 12.7. The van der Waals surface area contributed by atoms with Crippen molar-refractivity contribution < 1.29 is 14.2 Å². The van der Waals surface area contributed by atoms with Gasteiger partial charge in [-0.1, -0.05) is 30.3 Å². The Hall–Kier alpha value is -4.34. The number of H-pyrrole nitrogens is 1. The van der Waals surface area contributed by atoms with E-state index in [1.165, 1.54) is 6.33 Å². The number of aromatic amines is 1. The van der Waals surface area contributed by atoms with Gasteiger partial charge < -0.3 is 24.8 Å². The first-order chi connectivity index (χ1) is 15.2. The van der Waals surface area contributed by atoms with Crippen molar-refractivity contribution in [2.45, 2.75) is 0 Å². The summed E-state index contributed by atoms with van der Waals surface area (Å²) in [5.74, 6) is 2.80. The molecule has 0 bridgehead atoms. The summed E-state index contributed by atoms with van der Waals surface area (Å²) < 4.78 is 16.1. The van der Waals surface area contributed by atoms with Gasteiger partial charge in [0.25, 0.3) is 0 Å². The highest BCUT2D eigenvalue weighted by molar-refractivity contribution is 5.67. The summed E-state index contributed by atoms with van der Waals surface area (Å²) in [6, 6.07) is 15.3. The molecule has 4 rings (SSSR count). The molecule has 10 heteroatoms. The van der Waals surface area contributed by atoms with Crippen LogP contribution in [0, 0.1) is 0 Å². The monoisotopic (exact) mass is 419 g/mol. The Bertz CT molecular complexity index is 1140. The van der Waals surface area contributed by atoms with Crippen molar-refractivity contribution in [1.82, 2.24) is 25.1 Å². The van der Waals surface area contributed by atoms with Crippen LogP contribution in [0.3, 0.4) is 0 Å². The first kappa shape index (κ1) is 20.0.